The largest absolute Gasteiger partial charge is 0.350 e. The van der Waals surface area contributed by atoms with Gasteiger partial charge in [-0.15, -0.1) is 11.8 Å². The molecule has 1 saturated heterocycles. The molecule has 4 rings (SSSR count). The Hall–Kier alpha value is -2.61. The number of sulfonamides is 1. The summed E-state index contributed by atoms with van der Waals surface area (Å²) >= 11 is 1.35. The van der Waals surface area contributed by atoms with Crippen molar-refractivity contribution in [2.75, 3.05) is 12.3 Å². The van der Waals surface area contributed by atoms with E-state index in [2.05, 4.69) is 5.32 Å². The first kappa shape index (κ1) is 20.7. The molecular formula is C23H22N2O3S2. The lowest BCUT2D eigenvalue weighted by molar-refractivity contribution is -0.122. The topological polar surface area (TPSA) is 66.5 Å². The van der Waals surface area contributed by atoms with Crippen LogP contribution in [0.15, 0.2) is 89.8 Å². The zero-order valence-electron chi connectivity index (χ0n) is 16.3. The molecule has 0 aromatic heterocycles. The summed E-state index contributed by atoms with van der Waals surface area (Å²) in [5, 5.41) is 2.10. The quantitative estimate of drug-likeness (QED) is 0.637. The van der Waals surface area contributed by atoms with Crippen LogP contribution >= 0.6 is 11.8 Å². The van der Waals surface area contributed by atoms with Crippen molar-refractivity contribution in [3.05, 3.63) is 90.5 Å². The maximum atomic E-state index is 13.2. The van der Waals surface area contributed by atoms with Crippen LogP contribution in [0.5, 0.6) is 0 Å². The lowest BCUT2D eigenvalue weighted by Gasteiger charge is -2.22. The van der Waals surface area contributed by atoms with Gasteiger partial charge in [-0.1, -0.05) is 72.8 Å². The SMILES string of the molecule is O=C(NCc1ccccc1)C1SCCN1S(=O)(=O)c1ccc(-c2ccccc2)cc1. The van der Waals surface area contributed by atoms with Gasteiger partial charge in [0.1, 0.15) is 5.37 Å². The molecule has 1 heterocycles. The maximum Gasteiger partial charge on any atom is 0.249 e. The highest BCUT2D eigenvalue weighted by Gasteiger charge is 2.40. The van der Waals surface area contributed by atoms with Crippen molar-refractivity contribution in [3.63, 3.8) is 0 Å². The number of benzene rings is 3. The summed E-state index contributed by atoms with van der Waals surface area (Å²) in [6.07, 6.45) is 0. The van der Waals surface area contributed by atoms with Gasteiger partial charge in [-0.05, 0) is 28.8 Å². The van der Waals surface area contributed by atoms with E-state index in [0.29, 0.717) is 18.8 Å². The van der Waals surface area contributed by atoms with Crippen LogP contribution in [0.1, 0.15) is 5.56 Å². The fourth-order valence-electron chi connectivity index (χ4n) is 3.37. The number of nitrogens with zero attached hydrogens (tertiary/aromatic N) is 1. The molecule has 3 aromatic carbocycles. The van der Waals surface area contributed by atoms with Crippen LogP contribution in [-0.4, -0.2) is 36.3 Å². The van der Waals surface area contributed by atoms with Crippen molar-refractivity contribution in [1.82, 2.24) is 9.62 Å². The van der Waals surface area contributed by atoms with Gasteiger partial charge in [0.25, 0.3) is 0 Å². The van der Waals surface area contributed by atoms with Crippen molar-refractivity contribution in [3.8, 4) is 11.1 Å². The number of hydrogen-bond acceptors (Lipinski definition) is 4. The van der Waals surface area contributed by atoms with Crippen molar-refractivity contribution >= 4 is 27.7 Å². The number of thioether (sulfide) groups is 1. The Morgan fingerprint density at radius 2 is 1.50 bits per heavy atom. The van der Waals surface area contributed by atoms with Gasteiger partial charge in [-0.2, -0.15) is 4.31 Å². The van der Waals surface area contributed by atoms with Crippen LogP contribution in [0.2, 0.25) is 0 Å². The number of rotatable bonds is 6. The third kappa shape index (κ3) is 4.43. The third-order valence-electron chi connectivity index (χ3n) is 4.95. The zero-order valence-corrected chi connectivity index (χ0v) is 17.9. The van der Waals surface area contributed by atoms with Gasteiger partial charge in [0.05, 0.1) is 4.90 Å². The highest BCUT2D eigenvalue weighted by atomic mass is 32.2. The Morgan fingerprint density at radius 3 is 2.17 bits per heavy atom. The minimum absolute atomic E-state index is 0.200. The smallest absolute Gasteiger partial charge is 0.249 e. The first-order valence-corrected chi connectivity index (χ1v) is 12.2. The molecule has 1 amide bonds. The van der Waals surface area contributed by atoms with E-state index in [1.807, 2.05) is 60.7 Å². The fourth-order valence-corrected chi connectivity index (χ4v) is 6.47. The molecule has 1 unspecified atom stereocenters. The van der Waals surface area contributed by atoms with E-state index in [0.717, 1.165) is 16.7 Å². The monoisotopic (exact) mass is 438 g/mol. The van der Waals surface area contributed by atoms with Crippen LogP contribution in [0.25, 0.3) is 11.1 Å². The van der Waals surface area contributed by atoms with Crippen molar-refractivity contribution in [2.45, 2.75) is 16.8 Å². The Morgan fingerprint density at radius 1 is 0.900 bits per heavy atom. The third-order valence-corrected chi connectivity index (χ3v) is 8.17. The lowest BCUT2D eigenvalue weighted by atomic mass is 10.1. The van der Waals surface area contributed by atoms with Gasteiger partial charge in [0, 0.05) is 18.8 Å². The van der Waals surface area contributed by atoms with Gasteiger partial charge in [0.2, 0.25) is 15.9 Å². The predicted octanol–water partition coefficient (Wildman–Crippen LogP) is 3.73. The molecule has 7 heteroatoms. The van der Waals surface area contributed by atoms with E-state index >= 15 is 0 Å². The van der Waals surface area contributed by atoms with Crippen LogP contribution in [0, 0.1) is 0 Å². The number of carbonyl (C=O) groups is 1. The summed E-state index contributed by atoms with van der Waals surface area (Å²) in [6, 6.07) is 26.2. The molecule has 0 spiro atoms. The molecule has 1 fully saturated rings. The molecule has 0 bridgehead atoms. The van der Waals surface area contributed by atoms with E-state index in [9.17, 15) is 13.2 Å². The number of carbonyl (C=O) groups excluding carboxylic acids is 1. The van der Waals surface area contributed by atoms with Crippen molar-refractivity contribution < 1.29 is 13.2 Å². The van der Waals surface area contributed by atoms with Gasteiger partial charge >= 0.3 is 0 Å². The molecule has 1 aliphatic heterocycles. The van der Waals surface area contributed by atoms with E-state index in [-0.39, 0.29) is 10.8 Å². The maximum absolute atomic E-state index is 13.2. The Labute approximate surface area is 181 Å². The molecule has 154 valence electrons. The summed E-state index contributed by atoms with van der Waals surface area (Å²) in [7, 11) is -3.76. The zero-order chi connectivity index (χ0) is 21.0. The van der Waals surface area contributed by atoms with Crippen LogP contribution < -0.4 is 5.32 Å². The van der Waals surface area contributed by atoms with E-state index in [1.165, 1.54) is 16.1 Å². The highest BCUT2D eigenvalue weighted by molar-refractivity contribution is 8.02. The average Bonchev–Trinajstić information content (AvgIpc) is 3.30. The lowest BCUT2D eigenvalue weighted by Crippen LogP contribution is -2.44. The molecule has 0 saturated carbocycles. The van der Waals surface area contributed by atoms with Crippen molar-refractivity contribution in [1.29, 1.82) is 0 Å². The number of hydrogen-bond donors (Lipinski definition) is 1. The molecule has 1 atom stereocenters. The summed E-state index contributed by atoms with van der Waals surface area (Å²) in [6.45, 7) is 0.688. The Bertz CT molecular complexity index is 1100. The molecule has 5 nitrogen and oxygen atoms in total. The average molecular weight is 439 g/mol. The Kier molecular flexibility index (Phi) is 6.22. The summed E-state index contributed by atoms with van der Waals surface area (Å²) < 4.78 is 27.7. The minimum Gasteiger partial charge on any atom is -0.350 e. The van der Waals surface area contributed by atoms with Gasteiger partial charge in [-0.3, -0.25) is 4.79 Å². The standard InChI is InChI=1S/C23H22N2O3S2/c26-22(24-17-18-7-3-1-4-8-18)23-25(15-16-29-23)30(27,28)21-13-11-20(12-14-21)19-9-5-2-6-10-19/h1-14,23H,15-17H2,(H,24,26). The van der Waals surface area contributed by atoms with Crippen molar-refractivity contribution in [2.24, 2.45) is 0 Å². The second-order valence-corrected chi connectivity index (χ2v) is 10.0. The minimum atomic E-state index is -3.76. The van der Waals surface area contributed by atoms with Gasteiger partial charge < -0.3 is 5.32 Å². The summed E-state index contributed by atoms with van der Waals surface area (Å²) in [5.74, 6) is 0.302. The van der Waals surface area contributed by atoms with Crippen LogP contribution in [0.4, 0.5) is 0 Å². The number of amides is 1. The van der Waals surface area contributed by atoms with Crippen LogP contribution in [0.3, 0.4) is 0 Å². The molecule has 0 radical (unpaired) electrons. The molecule has 0 aliphatic carbocycles. The first-order chi connectivity index (χ1) is 14.6. The van der Waals surface area contributed by atoms with E-state index < -0.39 is 15.4 Å². The van der Waals surface area contributed by atoms with Gasteiger partial charge in [0.15, 0.2) is 0 Å². The molecular weight excluding hydrogens is 416 g/mol. The number of nitrogens with one attached hydrogen (secondary N) is 1. The van der Waals surface area contributed by atoms with Crippen LogP contribution in [-0.2, 0) is 21.4 Å². The molecule has 1 N–H and O–H groups in total. The van der Waals surface area contributed by atoms with E-state index in [1.54, 1.807) is 24.3 Å². The summed E-state index contributed by atoms with van der Waals surface area (Å²) in [4.78, 5) is 12.9. The fraction of sp³-hybridized carbons (Fsp3) is 0.174. The molecule has 30 heavy (non-hydrogen) atoms. The predicted molar refractivity (Wildman–Crippen MR) is 120 cm³/mol. The Balaban J connectivity index is 1.49. The first-order valence-electron chi connectivity index (χ1n) is 9.66. The molecule has 3 aromatic rings. The second-order valence-electron chi connectivity index (χ2n) is 6.93. The normalized spacial score (nSPS) is 17.0. The van der Waals surface area contributed by atoms with Gasteiger partial charge in [-0.25, -0.2) is 8.42 Å². The van der Waals surface area contributed by atoms with E-state index in [4.69, 9.17) is 0 Å². The second kappa shape index (κ2) is 9.04. The highest BCUT2D eigenvalue weighted by Crippen LogP contribution is 2.31. The molecule has 1 aliphatic rings. The summed E-state index contributed by atoms with van der Waals surface area (Å²) in [5.41, 5.74) is 2.94.